The lowest BCUT2D eigenvalue weighted by Crippen LogP contribution is -2.18. The SMILES string of the molecule is C=C(C)[C@H](C)[C@H](C)C(=O)O. The van der Waals surface area contributed by atoms with E-state index in [0.29, 0.717) is 0 Å². The van der Waals surface area contributed by atoms with Gasteiger partial charge >= 0.3 is 5.97 Å². The fraction of sp³-hybridized carbons (Fsp3) is 0.625. The number of hydrogen-bond acceptors (Lipinski definition) is 1. The zero-order chi connectivity index (χ0) is 8.31. The molecule has 1 N–H and O–H groups in total. The highest BCUT2D eigenvalue weighted by Crippen LogP contribution is 2.17. The molecule has 0 rings (SSSR count). The molecular formula is C8H14O2. The Morgan fingerprint density at radius 2 is 1.80 bits per heavy atom. The van der Waals surface area contributed by atoms with Gasteiger partial charge in [-0.1, -0.05) is 26.0 Å². The van der Waals surface area contributed by atoms with Gasteiger partial charge in [-0.3, -0.25) is 4.79 Å². The molecule has 0 spiro atoms. The Labute approximate surface area is 61.6 Å². The molecule has 0 unspecified atom stereocenters. The Bertz CT molecular complexity index is 131. The van der Waals surface area contributed by atoms with Crippen molar-refractivity contribution >= 4 is 5.97 Å². The molecule has 0 aliphatic heterocycles. The largest absolute Gasteiger partial charge is 0.481 e. The molecule has 58 valence electrons. The van der Waals surface area contributed by atoms with E-state index in [-0.39, 0.29) is 11.8 Å². The van der Waals surface area contributed by atoms with E-state index in [2.05, 4.69) is 6.58 Å². The average Bonchev–Trinajstić information content (AvgIpc) is 1.84. The molecule has 0 bridgehead atoms. The Morgan fingerprint density at radius 1 is 1.40 bits per heavy atom. The Kier molecular flexibility index (Phi) is 3.13. The lowest BCUT2D eigenvalue weighted by atomic mass is 9.91. The molecule has 10 heavy (non-hydrogen) atoms. The second-order valence-electron chi connectivity index (χ2n) is 2.76. The van der Waals surface area contributed by atoms with Gasteiger partial charge in [-0.05, 0) is 12.8 Å². The molecule has 0 aromatic carbocycles. The molecule has 0 aromatic rings. The second-order valence-corrected chi connectivity index (χ2v) is 2.76. The number of hydrogen-bond donors (Lipinski definition) is 1. The monoisotopic (exact) mass is 142 g/mol. The molecular weight excluding hydrogens is 128 g/mol. The first-order chi connectivity index (χ1) is 4.46. The molecule has 0 aliphatic rings. The van der Waals surface area contributed by atoms with E-state index in [1.54, 1.807) is 6.92 Å². The summed E-state index contributed by atoms with van der Waals surface area (Å²) in [7, 11) is 0. The van der Waals surface area contributed by atoms with Crippen molar-refractivity contribution in [3.8, 4) is 0 Å². The van der Waals surface area contributed by atoms with Crippen molar-refractivity contribution in [2.45, 2.75) is 20.8 Å². The molecule has 0 saturated heterocycles. The molecule has 0 aliphatic carbocycles. The number of rotatable bonds is 3. The van der Waals surface area contributed by atoms with Crippen LogP contribution in [0.1, 0.15) is 20.8 Å². The van der Waals surface area contributed by atoms with Crippen LogP contribution in [0.4, 0.5) is 0 Å². The van der Waals surface area contributed by atoms with E-state index in [9.17, 15) is 4.79 Å². The van der Waals surface area contributed by atoms with Gasteiger partial charge in [0.1, 0.15) is 0 Å². The summed E-state index contributed by atoms with van der Waals surface area (Å²) in [4.78, 5) is 10.4. The summed E-state index contributed by atoms with van der Waals surface area (Å²) in [6.45, 7) is 9.12. The van der Waals surface area contributed by atoms with Crippen molar-refractivity contribution in [1.29, 1.82) is 0 Å². The Hall–Kier alpha value is -0.790. The Balaban J connectivity index is 4.07. The molecule has 0 heterocycles. The average molecular weight is 142 g/mol. The van der Waals surface area contributed by atoms with Crippen LogP contribution >= 0.6 is 0 Å². The number of aliphatic carboxylic acids is 1. The maximum absolute atomic E-state index is 10.4. The van der Waals surface area contributed by atoms with Gasteiger partial charge in [0, 0.05) is 0 Å². The van der Waals surface area contributed by atoms with Crippen LogP contribution < -0.4 is 0 Å². The first kappa shape index (κ1) is 9.21. The van der Waals surface area contributed by atoms with Crippen molar-refractivity contribution in [2.75, 3.05) is 0 Å². The lowest BCUT2D eigenvalue weighted by Gasteiger charge is -2.14. The predicted octanol–water partition coefficient (Wildman–Crippen LogP) is 1.92. The normalized spacial score (nSPS) is 15.9. The maximum Gasteiger partial charge on any atom is 0.306 e. The summed E-state index contributed by atoms with van der Waals surface area (Å²) in [6.07, 6.45) is 0. The summed E-state index contributed by atoms with van der Waals surface area (Å²) < 4.78 is 0. The van der Waals surface area contributed by atoms with Gasteiger partial charge < -0.3 is 5.11 Å². The first-order valence-corrected chi connectivity index (χ1v) is 3.35. The molecule has 2 nitrogen and oxygen atoms in total. The fourth-order valence-corrected chi connectivity index (χ4v) is 0.641. The molecule has 0 radical (unpaired) electrons. The molecule has 2 heteroatoms. The smallest absolute Gasteiger partial charge is 0.306 e. The third-order valence-electron chi connectivity index (χ3n) is 1.92. The van der Waals surface area contributed by atoms with Crippen molar-refractivity contribution in [2.24, 2.45) is 11.8 Å². The highest BCUT2D eigenvalue weighted by molar-refractivity contribution is 5.70. The van der Waals surface area contributed by atoms with Gasteiger partial charge in [0.15, 0.2) is 0 Å². The summed E-state index contributed by atoms with van der Waals surface area (Å²) in [5.74, 6) is -1.01. The van der Waals surface area contributed by atoms with Crippen molar-refractivity contribution in [3.05, 3.63) is 12.2 Å². The van der Waals surface area contributed by atoms with Crippen molar-refractivity contribution in [1.82, 2.24) is 0 Å². The number of carbonyl (C=O) groups is 1. The van der Waals surface area contributed by atoms with Gasteiger partial charge in [0.25, 0.3) is 0 Å². The van der Waals surface area contributed by atoms with Crippen molar-refractivity contribution < 1.29 is 9.90 Å². The minimum absolute atomic E-state index is 0.0671. The minimum Gasteiger partial charge on any atom is -0.481 e. The highest BCUT2D eigenvalue weighted by atomic mass is 16.4. The van der Waals surface area contributed by atoms with Gasteiger partial charge in [0.05, 0.1) is 5.92 Å². The predicted molar refractivity (Wildman–Crippen MR) is 40.8 cm³/mol. The van der Waals surface area contributed by atoms with E-state index < -0.39 is 5.97 Å². The van der Waals surface area contributed by atoms with E-state index in [1.807, 2.05) is 13.8 Å². The molecule has 2 atom stereocenters. The highest BCUT2D eigenvalue weighted by Gasteiger charge is 2.18. The van der Waals surface area contributed by atoms with Crippen LogP contribution in [0.3, 0.4) is 0 Å². The van der Waals surface area contributed by atoms with Gasteiger partial charge in [0.2, 0.25) is 0 Å². The van der Waals surface area contributed by atoms with Gasteiger partial charge in [-0.25, -0.2) is 0 Å². The first-order valence-electron chi connectivity index (χ1n) is 3.35. The van der Waals surface area contributed by atoms with Crippen LogP contribution in [-0.2, 0) is 4.79 Å². The van der Waals surface area contributed by atoms with Gasteiger partial charge in [-0.15, -0.1) is 0 Å². The fourth-order valence-electron chi connectivity index (χ4n) is 0.641. The number of carboxylic acid groups (broad SMARTS) is 1. The summed E-state index contributed by atoms with van der Waals surface area (Å²) >= 11 is 0. The second kappa shape index (κ2) is 3.40. The molecule has 0 saturated carbocycles. The third kappa shape index (κ3) is 2.21. The molecule has 0 fully saturated rings. The minimum atomic E-state index is -0.754. The summed E-state index contributed by atoms with van der Waals surface area (Å²) in [5, 5.41) is 8.56. The zero-order valence-electron chi connectivity index (χ0n) is 6.72. The van der Waals surface area contributed by atoms with Crippen LogP contribution in [0.5, 0.6) is 0 Å². The van der Waals surface area contributed by atoms with Gasteiger partial charge in [-0.2, -0.15) is 0 Å². The topological polar surface area (TPSA) is 37.3 Å². The van der Waals surface area contributed by atoms with Crippen molar-refractivity contribution in [3.63, 3.8) is 0 Å². The van der Waals surface area contributed by atoms with E-state index >= 15 is 0 Å². The maximum atomic E-state index is 10.4. The summed E-state index contributed by atoms with van der Waals surface area (Å²) in [6, 6.07) is 0. The van der Waals surface area contributed by atoms with E-state index in [4.69, 9.17) is 5.11 Å². The zero-order valence-corrected chi connectivity index (χ0v) is 6.72. The molecule has 0 amide bonds. The lowest BCUT2D eigenvalue weighted by molar-refractivity contribution is -0.142. The van der Waals surface area contributed by atoms with Crippen LogP contribution in [0.2, 0.25) is 0 Å². The Morgan fingerprint density at radius 3 is 1.90 bits per heavy atom. The third-order valence-corrected chi connectivity index (χ3v) is 1.92. The van der Waals surface area contributed by atoms with Crippen LogP contribution in [0.25, 0.3) is 0 Å². The van der Waals surface area contributed by atoms with Crippen LogP contribution in [0.15, 0.2) is 12.2 Å². The standard InChI is InChI=1S/C8H14O2/c1-5(2)6(3)7(4)8(9)10/h6-7H,1H2,2-4H3,(H,9,10)/t6-,7-/m0/s1. The van der Waals surface area contributed by atoms with Crippen LogP contribution in [-0.4, -0.2) is 11.1 Å². The number of allylic oxidation sites excluding steroid dienone is 1. The van der Waals surface area contributed by atoms with Crippen LogP contribution in [0, 0.1) is 11.8 Å². The van der Waals surface area contributed by atoms with E-state index in [0.717, 1.165) is 5.57 Å². The summed E-state index contributed by atoms with van der Waals surface area (Å²) in [5.41, 5.74) is 0.926. The quantitative estimate of drug-likeness (QED) is 0.611. The van der Waals surface area contributed by atoms with E-state index in [1.165, 1.54) is 0 Å². The number of carboxylic acids is 1. The molecule has 0 aromatic heterocycles.